The molecule has 11 heteroatoms. The molecule has 31 heavy (non-hydrogen) atoms. The minimum Gasteiger partial charge on any atom is -0.450 e. The van der Waals surface area contributed by atoms with Gasteiger partial charge in [-0.3, -0.25) is 19.8 Å². The summed E-state index contributed by atoms with van der Waals surface area (Å²) < 4.78 is 44.4. The molecule has 3 rings (SSSR count). The molecular formula is C20H13F3N2O4S2. The van der Waals surface area contributed by atoms with Gasteiger partial charge in [-0.05, 0) is 35.9 Å². The van der Waals surface area contributed by atoms with E-state index in [1.807, 2.05) is 0 Å². The molecule has 160 valence electrons. The van der Waals surface area contributed by atoms with Crippen LogP contribution in [0.4, 0.5) is 18.9 Å². The number of thiocarbonyl (C=S) groups is 1. The highest BCUT2D eigenvalue weighted by atomic mass is 32.2. The summed E-state index contributed by atoms with van der Waals surface area (Å²) in [5, 5.41) is 11.2. The number of ether oxygens (including phenoxy) is 1. The lowest BCUT2D eigenvalue weighted by Gasteiger charge is -2.11. The zero-order chi connectivity index (χ0) is 22.8. The van der Waals surface area contributed by atoms with Gasteiger partial charge in [-0.1, -0.05) is 42.2 Å². The molecule has 0 saturated carbocycles. The first kappa shape index (κ1) is 22.5. The van der Waals surface area contributed by atoms with Crippen LogP contribution >= 0.6 is 24.0 Å². The zero-order valence-corrected chi connectivity index (χ0v) is 17.2. The van der Waals surface area contributed by atoms with E-state index in [2.05, 4.69) is 6.58 Å². The van der Waals surface area contributed by atoms with Crippen LogP contribution in [0.25, 0.3) is 6.08 Å². The predicted octanol–water partition coefficient (Wildman–Crippen LogP) is 5.79. The van der Waals surface area contributed by atoms with Crippen LogP contribution in [-0.4, -0.2) is 26.6 Å². The van der Waals surface area contributed by atoms with Gasteiger partial charge >= 0.3 is 11.9 Å². The number of hydrogen-bond acceptors (Lipinski definition) is 6. The van der Waals surface area contributed by atoms with Gasteiger partial charge in [0.25, 0.3) is 5.91 Å². The number of nitro benzene ring substituents is 1. The first-order chi connectivity index (χ1) is 14.6. The summed E-state index contributed by atoms with van der Waals surface area (Å²) in [5.74, 6) is -0.467. The van der Waals surface area contributed by atoms with Crippen LogP contribution < -0.4 is 4.74 Å². The molecule has 0 aliphatic carbocycles. The molecule has 0 N–H and O–H groups in total. The summed E-state index contributed by atoms with van der Waals surface area (Å²) in [6, 6.07) is 8.27. The first-order valence-electron chi connectivity index (χ1n) is 8.60. The van der Waals surface area contributed by atoms with Gasteiger partial charge in [0.15, 0.2) is 0 Å². The molecule has 0 aromatic heterocycles. The van der Waals surface area contributed by atoms with Gasteiger partial charge in [0.2, 0.25) is 5.75 Å². The minimum absolute atomic E-state index is 0.151. The number of benzene rings is 2. The summed E-state index contributed by atoms with van der Waals surface area (Å²) in [5.41, 5.74) is -1.42. The number of rotatable bonds is 6. The monoisotopic (exact) mass is 466 g/mol. The topological polar surface area (TPSA) is 72.7 Å². The summed E-state index contributed by atoms with van der Waals surface area (Å²) in [6.45, 7) is 3.86. The Bertz CT molecular complexity index is 1120. The van der Waals surface area contributed by atoms with Gasteiger partial charge in [-0.2, -0.15) is 13.2 Å². The van der Waals surface area contributed by atoms with Crippen LogP contribution in [0.2, 0.25) is 0 Å². The fraction of sp³-hybridized carbons (Fsp3) is 0.100. The average Bonchev–Trinajstić information content (AvgIpc) is 2.95. The molecule has 0 unspecified atom stereocenters. The number of thioether (sulfide) groups is 1. The van der Waals surface area contributed by atoms with Crippen LogP contribution in [0.15, 0.2) is 60.0 Å². The SMILES string of the molecule is C=CCN1C(=O)/C(=C/c2cccc(Oc3ccc(C(F)(F)F)cc3[N+](=O)[O-])c2)SC1=S. The molecule has 0 atom stereocenters. The van der Waals surface area contributed by atoms with Gasteiger partial charge in [0.05, 0.1) is 15.4 Å². The van der Waals surface area contributed by atoms with Crippen molar-refractivity contribution in [2.75, 3.05) is 6.54 Å². The van der Waals surface area contributed by atoms with E-state index in [1.54, 1.807) is 24.3 Å². The highest BCUT2D eigenvalue weighted by Crippen LogP contribution is 2.38. The van der Waals surface area contributed by atoms with Gasteiger partial charge in [0.1, 0.15) is 10.1 Å². The smallest absolute Gasteiger partial charge is 0.416 e. The maximum atomic E-state index is 12.9. The molecule has 0 spiro atoms. The Morgan fingerprint density at radius 2 is 2.00 bits per heavy atom. The third kappa shape index (κ3) is 5.12. The van der Waals surface area contributed by atoms with Crippen molar-refractivity contribution in [1.82, 2.24) is 4.90 Å². The molecule has 0 radical (unpaired) electrons. The third-order valence-corrected chi connectivity index (χ3v) is 5.43. The molecule has 2 aromatic carbocycles. The van der Waals surface area contributed by atoms with Crippen molar-refractivity contribution >= 4 is 46.0 Å². The highest BCUT2D eigenvalue weighted by Gasteiger charge is 2.33. The zero-order valence-electron chi connectivity index (χ0n) is 15.6. The summed E-state index contributed by atoms with van der Waals surface area (Å²) in [4.78, 5) is 24.5. The Morgan fingerprint density at radius 3 is 2.65 bits per heavy atom. The van der Waals surface area contributed by atoms with E-state index in [0.29, 0.717) is 26.9 Å². The molecule has 1 amide bonds. The van der Waals surface area contributed by atoms with Crippen LogP contribution in [0.5, 0.6) is 11.5 Å². The quantitative estimate of drug-likeness (QED) is 0.176. The lowest BCUT2D eigenvalue weighted by atomic mass is 10.1. The van der Waals surface area contributed by atoms with E-state index < -0.39 is 22.4 Å². The summed E-state index contributed by atoms with van der Waals surface area (Å²) in [6.07, 6.45) is -1.59. The molecular weight excluding hydrogens is 453 g/mol. The standard InChI is InChI=1S/C20H13F3N2O4S2/c1-2-8-24-18(26)17(31-19(24)30)10-12-4-3-5-14(9-12)29-16-7-6-13(20(21,22)23)11-15(16)25(27)28/h2-7,9-11H,1,8H2/b17-10-. The molecule has 1 aliphatic rings. The van der Waals surface area contributed by atoms with E-state index in [0.717, 1.165) is 17.8 Å². The van der Waals surface area contributed by atoms with Crippen molar-refractivity contribution in [3.05, 3.63) is 81.3 Å². The van der Waals surface area contributed by atoms with E-state index in [-0.39, 0.29) is 24.0 Å². The maximum Gasteiger partial charge on any atom is 0.416 e. The number of alkyl halides is 3. The van der Waals surface area contributed by atoms with Crippen LogP contribution in [0.1, 0.15) is 11.1 Å². The molecule has 1 fully saturated rings. The largest absolute Gasteiger partial charge is 0.450 e. The average molecular weight is 466 g/mol. The molecule has 6 nitrogen and oxygen atoms in total. The molecule has 1 heterocycles. The van der Waals surface area contributed by atoms with Crippen molar-refractivity contribution in [2.45, 2.75) is 6.18 Å². The number of nitro groups is 1. The Labute approximate surface area is 184 Å². The molecule has 2 aromatic rings. The van der Waals surface area contributed by atoms with Gasteiger partial charge in [-0.15, -0.1) is 6.58 Å². The predicted molar refractivity (Wildman–Crippen MR) is 115 cm³/mol. The minimum atomic E-state index is -4.72. The summed E-state index contributed by atoms with van der Waals surface area (Å²) >= 11 is 6.30. The van der Waals surface area contributed by atoms with Crippen molar-refractivity contribution in [3.8, 4) is 11.5 Å². The van der Waals surface area contributed by atoms with Crippen molar-refractivity contribution in [3.63, 3.8) is 0 Å². The number of amides is 1. The molecule has 1 aliphatic heterocycles. The second kappa shape index (κ2) is 8.90. The normalized spacial score (nSPS) is 15.5. The lowest BCUT2D eigenvalue weighted by molar-refractivity contribution is -0.385. The van der Waals surface area contributed by atoms with Gasteiger partial charge < -0.3 is 4.74 Å². The fourth-order valence-electron chi connectivity index (χ4n) is 2.66. The maximum absolute atomic E-state index is 12.9. The Morgan fingerprint density at radius 1 is 1.26 bits per heavy atom. The van der Waals surface area contributed by atoms with Crippen molar-refractivity contribution in [1.29, 1.82) is 0 Å². The number of nitrogens with zero attached hydrogens (tertiary/aromatic N) is 2. The summed E-state index contributed by atoms with van der Waals surface area (Å²) in [7, 11) is 0. The van der Waals surface area contributed by atoms with E-state index in [4.69, 9.17) is 17.0 Å². The van der Waals surface area contributed by atoms with E-state index in [1.165, 1.54) is 17.0 Å². The van der Waals surface area contributed by atoms with E-state index in [9.17, 15) is 28.1 Å². The van der Waals surface area contributed by atoms with Crippen LogP contribution in [-0.2, 0) is 11.0 Å². The van der Waals surface area contributed by atoms with Gasteiger partial charge in [0, 0.05) is 12.6 Å². The number of carbonyl (C=O) groups excluding carboxylic acids is 1. The van der Waals surface area contributed by atoms with E-state index >= 15 is 0 Å². The number of carbonyl (C=O) groups is 1. The van der Waals surface area contributed by atoms with Crippen molar-refractivity contribution < 1.29 is 27.6 Å². The fourth-order valence-corrected chi connectivity index (χ4v) is 3.93. The van der Waals surface area contributed by atoms with Crippen molar-refractivity contribution in [2.24, 2.45) is 0 Å². The van der Waals surface area contributed by atoms with Crippen LogP contribution in [0.3, 0.4) is 0 Å². The Kier molecular flexibility index (Phi) is 6.46. The highest BCUT2D eigenvalue weighted by molar-refractivity contribution is 8.26. The van der Waals surface area contributed by atoms with Gasteiger partial charge in [-0.25, -0.2) is 0 Å². The first-order valence-corrected chi connectivity index (χ1v) is 9.82. The Balaban J connectivity index is 1.88. The molecule has 0 bridgehead atoms. The number of halogens is 3. The lowest BCUT2D eigenvalue weighted by Crippen LogP contribution is -2.27. The Hall–Kier alpha value is -3.18. The third-order valence-electron chi connectivity index (χ3n) is 4.05. The second-order valence-electron chi connectivity index (χ2n) is 6.19. The second-order valence-corrected chi connectivity index (χ2v) is 7.87. The van der Waals surface area contributed by atoms with Crippen LogP contribution in [0, 0.1) is 10.1 Å². The number of hydrogen-bond donors (Lipinski definition) is 0. The molecule has 1 saturated heterocycles.